The number of nitrogens with one attached hydrogen (secondary N) is 1. The molecule has 2 aromatic carbocycles. The molecule has 0 aliphatic carbocycles. The van der Waals surface area contributed by atoms with E-state index in [-0.39, 0.29) is 24.2 Å². The summed E-state index contributed by atoms with van der Waals surface area (Å²) in [5.74, 6) is -0.494. The van der Waals surface area contributed by atoms with Crippen LogP contribution in [0.25, 0.3) is 11.3 Å². The molecule has 0 spiro atoms. The van der Waals surface area contributed by atoms with Crippen molar-refractivity contribution in [3.63, 3.8) is 0 Å². The van der Waals surface area contributed by atoms with Gasteiger partial charge in [-0.05, 0) is 55.8 Å². The molecule has 2 amide bonds. The van der Waals surface area contributed by atoms with Crippen molar-refractivity contribution < 1.29 is 18.7 Å². The summed E-state index contributed by atoms with van der Waals surface area (Å²) in [4.78, 5) is 31.5. The van der Waals surface area contributed by atoms with Crippen LogP contribution in [0.3, 0.4) is 0 Å². The largest absolute Gasteiger partial charge is 0.478 e. The minimum absolute atomic E-state index is 0.178. The van der Waals surface area contributed by atoms with Crippen molar-refractivity contribution in [3.8, 4) is 17.0 Å². The lowest BCUT2D eigenvalue weighted by molar-refractivity contribution is -0.128. The van der Waals surface area contributed by atoms with Crippen LogP contribution in [0.4, 0.5) is 15.8 Å². The Morgan fingerprint density at radius 3 is 2.70 bits per heavy atom. The fraction of sp³-hybridized carbons (Fsp3) is 0.227. The molecule has 0 saturated carbocycles. The van der Waals surface area contributed by atoms with Gasteiger partial charge in [0.15, 0.2) is 6.10 Å². The lowest BCUT2D eigenvalue weighted by Gasteiger charge is -2.34. The number of benzene rings is 2. The molecule has 3 aromatic rings. The Balaban J connectivity index is 1.63. The number of ether oxygens (including phenoxy) is 1. The molecule has 1 aliphatic heterocycles. The maximum absolute atomic E-state index is 13.1. The van der Waals surface area contributed by atoms with Gasteiger partial charge in [0.25, 0.3) is 5.91 Å². The molecule has 1 unspecified atom stereocenters. The van der Waals surface area contributed by atoms with Crippen molar-refractivity contribution in [2.24, 2.45) is 0 Å². The molecule has 2 heterocycles. The van der Waals surface area contributed by atoms with E-state index in [0.29, 0.717) is 23.5 Å². The van der Waals surface area contributed by atoms with Gasteiger partial charge in [-0.2, -0.15) is 0 Å². The third-order valence-corrected chi connectivity index (χ3v) is 5.55. The lowest BCUT2D eigenvalue weighted by atomic mass is 10.1. The third kappa shape index (κ3) is 4.04. The molecule has 0 fully saturated rings. The van der Waals surface area contributed by atoms with Crippen molar-refractivity contribution in [1.29, 1.82) is 0 Å². The molecular weight excluding hydrogens is 405 g/mol. The quantitative estimate of drug-likeness (QED) is 0.658. The fourth-order valence-corrected chi connectivity index (χ4v) is 3.90. The van der Waals surface area contributed by atoms with Crippen LogP contribution in [0.2, 0.25) is 0 Å². The summed E-state index contributed by atoms with van der Waals surface area (Å²) < 4.78 is 18.9. The van der Waals surface area contributed by atoms with E-state index in [2.05, 4.69) is 10.3 Å². The molecule has 1 aliphatic rings. The van der Waals surface area contributed by atoms with Gasteiger partial charge in [-0.3, -0.25) is 14.5 Å². The van der Waals surface area contributed by atoms with Crippen LogP contribution in [0, 0.1) is 12.7 Å². The van der Waals surface area contributed by atoms with Crippen molar-refractivity contribution in [1.82, 2.24) is 4.98 Å². The molecule has 8 heteroatoms. The smallest absolute Gasteiger partial charge is 0.268 e. The van der Waals surface area contributed by atoms with Gasteiger partial charge < -0.3 is 10.1 Å². The summed E-state index contributed by atoms with van der Waals surface area (Å²) in [7, 11) is 0. The monoisotopic (exact) mass is 425 g/mol. The molecule has 0 radical (unpaired) electrons. The van der Waals surface area contributed by atoms with Crippen LogP contribution in [-0.4, -0.2) is 29.4 Å². The first-order valence-corrected chi connectivity index (χ1v) is 10.4. The highest BCUT2D eigenvalue weighted by Gasteiger charge is 2.34. The van der Waals surface area contributed by atoms with Crippen molar-refractivity contribution >= 4 is 34.5 Å². The van der Waals surface area contributed by atoms with E-state index in [1.165, 1.54) is 29.2 Å². The topological polar surface area (TPSA) is 71.5 Å². The van der Waals surface area contributed by atoms with E-state index in [1.807, 2.05) is 31.4 Å². The second-order valence-corrected chi connectivity index (χ2v) is 7.99. The van der Waals surface area contributed by atoms with Gasteiger partial charge in [0, 0.05) is 16.6 Å². The Hall–Kier alpha value is -3.26. The second-order valence-electron chi connectivity index (χ2n) is 6.93. The average molecular weight is 425 g/mol. The van der Waals surface area contributed by atoms with Gasteiger partial charge in [0.05, 0.1) is 16.4 Å². The normalized spacial score (nSPS) is 15.5. The minimum Gasteiger partial charge on any atom is -0.478 e. The first-order valence-electron chi connectivity index (χ1n) is 9.54. The fourth-order valence-electron chi connectivity index (χ4n) is 3.28. The zero-order chi connectivity index (χ0) is 21.3. The van der Waals surface area contributed by atoms with E-state index < -0.39 is 6.10 Å². The SMILES string of the molecule is CCC1Oc2ccc(-c3csc(C)n3)cc2N(CC(=O)Nc2ccc(F)cc2)C1=O. The third-order valence-electron chi connectivity index (χ3n) is 4.78. The van der Waals surface area contributed by atoms with E-state index in [0.717, 1.165) is 16.3 Å². The van der Waals surface area contributed by atoms with E-state index in [4.69, 9.17) is 4.74 Å². The van der Waals surface area contributed by atoms with Gasteiger partial charge in [-0.15, -0.1) is 11.3 Å². The number of carbonyl (C=O) groups is 2. The minimum atomic E-state index is -0.650. The van der Waals surface area contributed by atoms with Crippen molar-refractivity contribution in [2.45, 2.75) is 26.4 Å². The number of aryl methyl sites for hydroxylation is 1. The van der Waals surface area contributed by atoms with Crippen LogP contribution in [-0.2, 0) is 9.59 Å². The number of rotatable bonds is 5. The number of aromatic nitrogens is 1. The van der Waals surface area contributed by atoms with Gasteiger partial charge in [-0.25, -0.2) is 9.37 Å². The summed E-state index contributed by atoms with van der Waals surface area (Å²) in [6, 6.07) is 11.0. The van der Waals surface area contributed by atoms with Crippen molar-refractivity contribution in [2.75, 3.05) is 16.8 Å². The van der Waals surface area contributed by atoms with E-state index >= 15 is 0 Å². The summed E-state index contributed by atoms with van der Waals surface area (Å²) in [5.41, 5.74) is 2.64. The highest BCUT2D eigenvalue weighted by Crippen LogP contribution is 2.38. The Morgan fingerprint density at radius 2 is 2.03 bits per heavy atom. The molecular formula is C22H20FN3O3S. The average Bonchev–Trinajstić information content (AvgIpc) is 3.17. The first-order chi connectivity index (χ1) is 14.4. The Bertz CT molecular complexity index is 1100. The maximum atomic E-state index is 13.1. The van der Waals surface area contributed by atoms with E-state index in [9.17, 15) is 14.0 Å². The predicted octanol–water partition coefficient (Wildman–Crippen LogP) is 4.40. The number of halogens is 1. The molecule has 0 bridgehead atoms. The number of amides is 2. The van der Waals surface area contributed by atoms with Gasteiger partial charge in [0.2, 0.25) is 5.91 Å². The Kier molecular flexibility index (Phi) is 5.50. The number of anilines is 2. The summed E-state index contributed by atoms with van der Waals surface area (Å²) in [5, 5.41) is 5.59. The maximum Gasteiger partial charge on any atom is 0.268 e. The zero-order valence-corrected chi connectivity index (χ0v) is 17.3. The number of fused-ring (bicyclic) bond motifs is 1. The number of carbonyl (C=O) groups excluding carboxylic acids is 2. The number of hydrogen-bond acceptors (Lipinski definition) is 5. The summed E-state index contributed by atoms with van der Waals surface area (Å²) in [6.45, 7) is 3.61. The molecule has 0 saturated heterocycles. The Labute approximate surface area is 177 Å². The predicted molar refractivity (Wildman–Crippen MR) is 114 cm³/mol. The van der Waals surface area contributed by atoms with Crippen LogP contribution in [0.15, 0.2) is 47.8 Å². The van der Waals surface area contributed by atoms with Crippen LogP contribution in [0.5, 0.6) is 5.75 Å². The lowest BCUT2D eigenvalue weighted by Crippen LogP contribution is -2.48. The Morgan fingerprint density at radius 1 is 1.27 bits per heavy atom. The number of hydrogen-bond donors (Lipinski definition) is 1. The van der Waals surface area contributed by atoms with Crippen LogP contribution < -0.4 is 15.0 Å². The zero-order valence-electron chi connectivity index (χ0n) is 16.5. The first kappa shape index (κ1) is 20.0. The highest BCUT2D eigenvalue weighted by atomic mass is 32.1. The number of nitrogens with zero attached hydrogens (tertiary/aromatic N) is 2. The van der Waals surface area contributed by atoms with Gasteiger partial charge in [0.1, 0.15) is 18.1 Å². The molecule has 1 atom stereocenters. The van der Waals surface area contributed by atoms with Crippen LogP contribution >= 0.6 is 11.3 Å². The summed E-state index contributed by atoms with van der Waals surface area (Å²) >= 11 is 1.54. The molecule has 6 nitrogen and oxygen atoms in total. The molecule has 154 valence electrons. The van der Waals surface area contributed by atoms with Crippen molar-refractivity contribution in [3.05, 3.63) is 58.7 Å². The summed E-state index contributed by atoms with van der Waals surface area (Å²) in [6.07, 6.45) is -0.162. The molecule has 30 heavy (non-hydrogen) atoms. The van der Waals surface area contributed by atoms with E-state index in [1.54, 1.807) is 17.4 Å². The standard InChI is InChI=1S/C22H20FN3O3S/c1-3-19-22(28)26(11-21(27)25-16-7-5-15(23)6-8-16)18-10-14(4-9-20(18)29-19)17-12-30-13(2)24-17/h4-10,12,19H,3,11H2,1-2H3,(H,25,27). The highest BCUT2D eigenvalue weighted by molar-refractivity contribution is 7.09. The van der Waals surface area contributed by atoms with Crippen LogP contribution in [0.1, 0.15) is 18.4 Å². The number of thiazole rings is 1. The molecule has 1 N–H and O–H groups in total. The molecule has 1 aromatic heterocycles. The molecule has 4 rings (SSSR count). The second kappa shape index (κ2) is 8.23. The van der Waals surface area contributed by atoms with Gasteiger partial charge >= 0.3 is 0 Å². The van der Waals surface area contributed by atoms with Gasteiger partial charge in [-0.1, -0.05) is 6.92 Å².